The average molecular weight is 394 g/mol. The Kier molecular flexibility index (Phi) is 5.40. The van der Waals surface area contributed by atoms with Crippen molar-refractivity contribution in [1.29, 1.82) is 0 Å². The molecule has 0 unspecified atom stereocenters. The van der Waals surface area contributed by atoms with Gasteiger partial charge in [0.05, 0.1) is 11.4 Å². The van der Waals surface area contributed by atoms with Crippen LogP contribution in [0.25, 0.3) is 0 Å². The normalized spacial score (nSPS) is 14.2. The lowest BCUT2D eigenvalue weighted by molar-refractivity contribution is 0.0702. The van der Waals surface area contributed by atoms with E-state index < -0.39 is 21.9 Å². The summed E-state index contributed by atoms with van der Waals surface area (Å²) in [5.74, 6) is -1.02. The van der Waals surface area contributed by atoms with Gasteiger partial charge in [0.25, 0.3) is 5.91 Å². The number of aromatic carboxylic acids is 1. The molecule has 9 heteroatoms. The number of amides is 1. The fourth-order valence-electron chi connectivity index (χ4n) is 2.29. The van der Waals surface area contributed by atoms with Crippen molar-refractivity contribution >= 4 is 33.2 Å². The number of rotatable bonds is 8. The third-order valence-corrected chi connectivity index (χ3v) is 6.46. The molecule has 1 aliphatic rings. The molecule has 7 nitrogen and oxygen atoms in total. The highest BCUT2D eigenvalue weighted by atomic mass is 32.2. The van der Waals surface area contributed by atoms with Crippen LogP contribution in [0.1, 0.15) is 37.7 Å². The third-order valence-electron chi connectivity index (χ3n) is 3.96. The molecule has 0 radical (unpaired) electrons. The Morgan fingerprint density at radius 3 is 2.62 bits per heavy atom. The Labute approximate surface area is 155 Å². The zero-order chi connectivity index (χ0) is 18.7. The maximum absolute atomic E-state index is 12.3. The second-order valence-corrected chi connectivity index (χ2v) is 9.01. The van der Waals surface area contributed by atoms with E-state index in [2.05, 4.69) is 10.0 Å². The van der Waals surface area contributed by atoms with Gasteiger partial charge in [-0.1, -0.05) is 6.07 Å². The summed E-state index contributed by atoms with van der Waals surface area (Å²) in [4.78, 5) is 24.1. The zero-order valence-corrected chi connectivity index (χ0v) is 15.4. The van der Waals surface area contributed by atoms with E-state index in [9.17, 15) is 18.0 Å². The van der Waals surface area contributed by atoms with Crippen LogP contribution < -0.4 is 10.0 Å². The van der Waals surface area contributed by atoms with Crippen molar-refractivity contribution < 1.29 is 23.1 Å². The van der Waals surface area contributed by atoms with Gasteiger partial charge in [-0.05, 0) is 49.1 Å². The molecule has 0 atom stereocenters. The summed E-state index contributed by atoms with van der Waals surface area (Å²) in [5, 5.41) is 11.6. The van der Waals surface area contributed by atoms with Gasteiger partial charge >= 0.3 is 5.97 Å². The monoisotopic (exact) mass is 394 g/mol. The minimum Gasteiger partial charge on any atom is -0.477 e. The van der Waals surface area contributed by atoms with E-state index in [-0.39, 0.29) is 21.9 Å². The SMILES string of the molecule is O=C(NCc1ccc(C(=O)O)s1)c1cccc(S(=O)(=O)NCC2CC2)c1. The van der Waals surface area contributed by atoms with Crippen molar-refractivity contribution in [3.8, 4) is 0 Å². The smallest absolute Gasteiger partial charge is 0.345 e. The quantitative estimate of drug-likeness (QED) is 0.634. The summed E-state index contributed by atoms with van der Waals surface area (Å²) in [6.45, 7) is 0.594. The number of carboxylic acids is 1. The number of hydrogen-bond acceptors (Lipinski definition) is 5. The van der Waals surface area contributed by atoms with Gasteiger partial charge in [-0.15, -0.1) is 11.3 Å². The summed E-state index contributed by atoms with van der Waals surface area (Å²) in [7, 11) is -3.64. The van der Waals surface area contributed by atoms with Gasteiger partial charge in [0.15, 0.2) is 0 Å². The van der Waals surface area contributed by atoms with Gasteiger partial charge in [0, 0.05) is 17.0 Å². The molecule has 1 aromatic heterocycles. The first-order valence-corrected chi connectivity index (χ1v) is 10.3. The van der Waals surface area contributed by atoms with E-state index in [4.69, 9.17) is 5.11 Å². The van der Waals surface area contributed by atoms with Crippen molar-refractivity contribution in [3.05, 3.63) is 51.7 Å². The fraction of sp³-hybridized carbons (Fsp3) is 0.294. The largest absolute Gasteiger partial charge is 0.477 e. The molecule has 0 saturated heterocycles. The second kappa shape index (κ2) is 7.56. The Morgan fingerprint density at radius 2 is 1.96 bits per heavy atom. The summed E-state index contributed by atoms with van der Waals surface area (Å²) in [6, 6.07) is 8.96. The van der Waals surface area contributed by atoms with E-state index in [1.54, 1.807) is 6.07 Å². The lowest BCUT2D eigenvalue weighted by Crippen LogP contribution is -2.27. The van der Waals surface area contributed by atoms with Crippen LogP contribution in [-0.2, 0) is 16.6 Å². The molecule has 0 bridgehead atoms. The maximum atomic E-state index is 12.3. The third kappa shape index (κ3) is 4.69. The van der Waals surface area contributed by atoms with Crippen LogP contribution in [0.4, 0.5) is 0 Å². The Hall–Kier alpha value is -2.23. The lowest BCUT2D eigenvalue weighted by atomic mass is 10.2. The summed E-state index contributed by atoms with van der Waals surface area (Å²) in [5.41, 5.74) is 0.231. The average Bonchev–Trinajstić information content (AvgIpc) is 3.33. The van der Waals surface area contributed by atoms with Crippen LogP contribution >= 0.6 is 11.3 Å². The number of sulfonamides is 1. The van der Waals surface area contributed by atoms with Gasteiger partial charge in [0.1, 0.15) is 4.88 Å². The number of hydrogen-bond donors (Lipinski definition) is 3. The van der Waals surface area contributed by atoms with Crippen molar-refractivity contribution in [3.63, 3.8) is 0 Å². The Morgan fingerprint density at radius 1 is 1.19 bits per heavy atom. The molecule has 1 heterocycles. The fourth-order valence-corrected chi connectivity index (χ4v) is 4.24. The molecule has 138 valence electrons. The molecule has 1 fully saturated rings. The maximum Gasteiger partial charge on any atom is 0.345 e. The minimum atomic E-state index is -3.64. The van der Waals surface area contributed by atoms with E-state index in [0.29, 0.717) is 17.3 Å². The number of nitrogens with one attached hydrogen (secondary N) is 2. The van der Waals surface area contributed by atoms with Crippen LogP contribution in [0.15, 0.2) is 41.3 Å². The van der Waals surface area contributed by atoms with Crippen molar-refractivity contribution in [2.24, 2.45) is 5.92 Å². The van der Waals surface area contributed by atoms with Gasteiger partial charge < -0.3 is 10.4 Å². The van der Waals surface area contributed by atoms with Crippen LogP contribution in [0.3, 0.4) is 0 Å². The summed E-state index contributed by atoms with van der Waals surface area (Å²) < 4.78 is 27.1. The molecule has 1 aliphatic carbocycles. The predicted molar refractivity (Wildman–Crippen MR) is 96.8 cm³/mol. The Balaban J connectivity index is 1.64. The molecule has 1 amide bonds. The highest BCUT2D eigenvalue weighted by Gasteiger charge is 2.24. The summed E-state index contributed by atoms with van der Waals surface area (Å²) >= 11 is 1.08. The number of benzene rings is 1. The van der Waals surface area contributed by atoms with E-state index >= 15 is 0 Å². The first-order valence-electron chi connectivity index (χ1n) is 8.05. The number of thiophene rings is 1. The molecular formula is C17H18N2O5S2. The molecule has 0 spiro atoms. The van der Waals surface area contributed by atoms with Gasteiger partial charge in [-0.3, -0.25) is 4.79 Å². The van der Waals surface area contributed by atoms with Crippen LogP contribution in [0.5, 0.6) is 0 Å². The Bertz CT molecular complexity index is 932. The van der Waals surface area contributed by atoms with E-state index in [1.807, 2.05) is 0 Å². The van der Waals surface area contributed by atoms with E-state index in [0.717, 1.165) is 24.2 Å². The molecule has 0 aliphatic heterocycles. The number of carbonyl (C=O) groups excluding carboxylic acids is 1. The summed E-state index contributed by atoms with van der Waals surface area (Å²) in [6.07, 6.45) is 2.08. The predicted octanol–water partition coefficient (Wildman–Crippen LogP) is 2.06. The topological polar surface area (TPSA) is 113 Å². The van der Waals surface area contributed by atoms with E-state index in [1.165, 1.54) is 30.3 Å². The molecule has 2 aromatic rings. The number of carbonyl (C=O) groups is 2. The molecule has 1 aromatic carbocycles. The minimum absolute atomic E-state index is 0.0510. The standard InChI is InChI=1S/C17H18N2O5S2/c20-16(18-10-13-6-7-15(25-13)17(21)22)12-2-1-3-14(8-12)26(23,24)19-9-11-4-5-11/h1-3,6-8,11,19H,4-5,9-10H2,(H,18,20)(H,21,22). The van der Waals surface area contributed by atoms with Crippen molar-refractivity contribution in [1.82, 2.24) is 10.0 Å². The van der Waals surface area contributed by atoms with Gasteiger partial charge in [0.2, 0.25) is 10.0 Å². The zero-order valence-electron chi connectivity index (χ0n) is 13.8. The van der Waals surface area contributed by atoms with Crippen molar-refractivity contribution in [2.45, 2.75) is 24.3 Å². The van der Waals surface area contributed by atoms with Crippen LogP contribution in [0.2, 0.25) is 0 Å². The molecular weight excluding hydrogens is 376 g/mol. The molecule has 3 N–H and O–H groups in total. The first kappa shape index (κ1) is 18.6. The highest BCUT2D eigenvalue weighted by Crippen LogP contribution is 2.28. The first-order chi connectivity index (χ1) is 12.3. The van der Waals surface area contributed by atoms with Crippen molar-refractivity contribution in [2.75, 3.05) is 6.54 Å². The second-order valence-electron chi connectivity index (χ2n) is 6.08. The molecule has 26 heavy (non-hydrogen) atoms. The van der Waals surface area contributed by atoms with Crippen LogP contribution in [0, 0.1) is 5.92 Å². The number of carboxylic acid groups (broad SMARTS) is 1. The molecule has 3 rings (SSSR count). The molecule has 1 saturated carbocycles. The van der Waals surface area contributed by atoms with Gasteiger partial charge in [-0.2, -0.15) is 0 Å². The van der Waals surface area contributed by atoms with Crippen LogP contribution in [-0.4, -0.2) is 31.9 Å². The lowest BCUT2D eigenvalue weighted by Gasteiger charge is -2.08. The van der Waals surface area contributed by atoms with Gasteiger partial charge in [-0.25, -0.2) is 17.9 Å². The highest BCUT2D eigenvalue weighted by molar-refractivity contribution is 7.89.